The molecule has 0 radical (unpaired) electrons. The number of ether oxygens (including phenoxy) is 1. The number of phenols is 1. The highest BCUT2D eigenvalue weighted by Crippen LogP contribution is 2.33. The van der Waals surface area contributed by atoms with Crippen molar-refractivity contribution in [1.29, 1.82) is 0 Å². The number of carbonyl (C=O) groups is 2. The molecule has 3 rings (SSSR count). The Hall–Kier alpha value is -4.20. The Morgan fingerprint density at radius 3 is 2.43 bits per heavy atom. The third kappa shape index (κ3) is 4.13. The lowest BCUT2D eigenvalue weighted by atomic mass is 10.1. The van der Waals surface area contributed by atoms with Gasteiger partial charge in [-0.15, -0.1) is 0 Å². The van der Waals surface area contributed by atoms with Crippen molar-refractivity contribution in [2.75, 3.05) is 5.32 Å². The molecule has 1 amide bonds. The predicted octanol–water partition coefficient (Wildman–Crippen LogP) is 4.16. The molecule has 28 heavy (non-hydrogen) atoms. The first-order chi connectivity index (χ1) is 13.5. The lowest BCUT2D eigenvalue weighted by molar-refractivity contribution is -0.385. The smallest absolute Gasteiger partial charge is 0.312 e. The summed E-state index contributed by atoms with van der Waals surface area (Å²) in [7, 11) is 0. The molecule has 0 aliphatic heterocycles. The van der Waals surface area contributed by atoms with Crippen LogP contribution >= 0.6 is 0 Å². The number of aromatic hydroxyl groups is 1. The highest BCUT2D eigenvalue weighted by Gasteiger charge is 2.20. The van der Waals surface area contributed by atoms with Crippen LogP contribution in [0.4, 0.5) is 11.4 Å². The van der Waals surface area contributed by atoms with Gasteiger partial charge in [0.1, 0.15) is 17.8 Å². The Morgan fingerprint density at radius 1 is 1.07 bits per heavy atom. The number of carbonyl (C=O) groups excluding carboxylic acids is 2. The zero-order valence-corrected chi connectivity index (χ0v) is 14.4. The molecule has 0 aliphatic rings. The summed E-state index contributed by atoms with van der Waals surface area (Å²) in [6, 6.07) is 16.0. The van der Waals surface area contributed by atoms with Crippen molar-refractivity contribution in [2.45, 2.75) is 0 Å². The van der Waals surface area contributed by atoms with E-state index in [0.717, 1.165) is 6.07 Å². The summed E-state index contributed by atoms with van der Waals surface area (Å²) < 4.78 is 5.51. The maximum Gasteiger partial charge on any atom is 0.312 e. The Kier molecular flexibility index (Phi) is 5.31. The van der Waals surface area contributed by atoms with Crippen LogP contribution in [-0.4, -0.2) is 22.2 Å². The second-order valence-electron chi connectivity index (χ2n) is 5.70. The number of hydrogen-bond acceptors (Lipinski definition) is 6. The number of nitro benzene ring substituents is 1. The van der Waals surface area contributed by atoms with Crippen LogP contribution in [-0.2, 0) is 0 Å². The molecule has 0 unspecified atom stereocenters. The van der Waals surface area contributed by atoms with E-state index in [9.17, 15) is 24.8 Å². The molecule has 0 aliphatic carbocycles. The molecule has 0 aromatic heterocycles. The summed E-state index contributed by atoms with van der Waals surface area (Å²) in [5.74, 6) is -0.487. The van der Waals surface area contributed by atoms with Crippen molar-refractivity contribution in [3.63, 3.8) is 0 Å². The summed E-state index contributed by atoms with van der Waals surface area (Å²) in [6.07, 6.45) is 0.671. The lowest BCUT2D eigenvalue weighted by Crippen LogP contribution is -2.12. The molecule has 0 fully saturated rings. The molecule has 0 bridgehead atoms. The largest absolute Gasteiger partial charge is 0.506 e. The molecule has 0 saturated carbocycles. The molecule has 3 aromatic rings. The summed E-state index contributed by atoms with van der Waals surface area (Å²) in [4.78, 5) is 33.8. The average molecular weight is 378 g/mol. The number of anilines is 1. The third-order valence-electron chi connectivity index (χ3n) is 3.81. The van der Waals surface area contributed by atoms with Crippen LogP contribution in [0.25, 0.3) is 0 Å². The highest BCUT2D eigenvalue weighted by molar-refractivity contribution is 6.05. The molecule has 0 spiro atoms. The van der Waals surface area contributed by atoms with E-state index in [1.54, 1.807) is 12.1 Å². The first-order valence-electron chi connectivity index (χ1n) is 8.09. The number of hydrogen-bond donors (Lipinski definition) is 2. The quantitative estimate of drug-likeness (QED) is 0.288. The van der Waals surface area contributed by atoms with Gasteiger partial charge >= 0.3 is 5.69 Å². The van der Waals surface area contributed by atoms with Crippen molar-refractivity contribution in [1.82, 2.24) is 0 Å². The maximum absolute atomic E-state index is 12.4. The van der Waals surface area contributed by atoms with E-state index >= 15 is 0 Å². The molecule has 0 saturated heterocycles. The van der Waals surface area contributed by atoms with Crippen LogP contribution in [0.1, 0.15) is 20.7 Å². The minimum atomic E-state index is -0.661. The molecule has 3 aromatic carbocycles. The van der Waals surface area contributed by atoms with Gasteiger partial charge in [0.15, 0.2) is 0 Å². The van der Waals surface area contributed by atoms with Gasteiger partial charge in [-0.2, -0.15) is 0 Å². The van der Waals surface area contributed by atoms with Crippen LogP contribution in [0.2, 0.25) is 0 Å². The molecular weight excluding hydrogens is 364 g/mol. The average Bonchev–Trinajstić information content (AvgIpc) is 2.70. The first kappa shape index (κ1) is 18.6. The zero-order valence-electron chi connectivity index (χ0n) is 14.4. The zero-order chi connectivity index (χ0) is 20.1. The number of nitrogens with one attached hydrogen (secondary N) is 1. The Labute approximate surface area is 159 Å². The van der Waals surface area contributed by atoms with Crippen LogP contribution < -0.4 is 10.1 Å². The Balaban J connectivity index is 1.86. The number of rotatable bonds is 6. The number of aldehydes is 1. The molecule has 140 valence electrons. The fraction of sp³-hybridized carbons (Fsp3) is 0. The molecular formula is C20H14N2O6. The molecule has 0 atom stereocenters. The summed E-state index contributed by atoms with van der Waals surface area (Å²) >= 11 is 0. The van der Waals surface area contributed by atoms with Crippen LogP contribution in [0.15, 0.2) is 66.7 Å². The fourth-order valence-corrected chi connectivity index (χ4v) is 2.40. The third-order valence-corrected chi connectivity index (χ3v) is 3.81. The van der Waals surface area contributed by atoms with Gasteiger partial charge in [0.25, 0.3) is 5.91 Å². The van der Waals surface area contributed by atoms with Gasteiger partial charge in [0, 0.05) is 17.2 Å². The van der Waals surface area contributed by atoms with E-state index in [0.29, 0.717) is 17.6 Å². The van der Waals surface area contributed by atoms with Gasteiger partial charge in [-0.05, 0) is 48.5 Å². The van der Waals surface area contributed by atoms with Crippen molar-refractivity contribution in [3.8, 4) is 17.2 Å². The standard InChI is InChI=1S/C20H14N2O6/c23-12-13-5-8-15(9-6-13)28-19-10-7-14(11-17(19)22(26)27)20(25)21-16-3-1-2-4-18(16)24/h1-12,24H,(H,21,25). The maximum atomic E-state index is 12.4. The van der Waals surface area contributed by atoms with Gasteiger partial charge in [0.2, 0.25) is 5.75 Å². The van der Waals surface area contributed by atoms with Gasteiger partial charge in [-0.25, -0.2) is 0 Å². The molecule has 0 heterocycles. The van der Waals surface area contributed by atoms with Gasteiger partial charge in [-0.3, -0.25) is 19.7 Å². The number of para-hydroxylation sites is 2. The van der Waals surface area contributed by atoms with Crippen LogP contribution in [0.3, 0.4) is 0 Å². The lowest BCUT2D eigenvalue weighted by Gasteiger charge is -2.09. The number of nitrogens with zero attached hydrogens (tertiary/aromatic N) is 1. The van der Waals surface area contributed by atoms with Crippen molar-refractivity contribution >= 4 is 23.6 Å². The minimum Gasteiger partial charge on any atom is -0.506 e. The monoisotopic (exact) mass is 378 g/mol. The number of benzene rings is 3. The molecule has 8 nitrogen and oxygen atoms in total. The van der Waals surface area contributed by atoms with Crippen molar-refractivity contribution in [3.05, 3.63) is 88.0 Å². The SMILES string of the molecule is O=Cc1ccc(Oc2ccc(C(=O)Nc3ccccc3O)cc2[N+](=O)[O-])cc1. The highest BCUT2D eigenvalue weighted by atomic mass is 16.6. The topological polar surface area (TPSA) is 119 Å². The van der Waals surface area contributed by atoms with E-state index in [4.69, 9.17) is 4.74 Å². The van der Waals surface area contributed by atoms with Crippen molar-refractivity contribution < 1.29 is 24.4 Å². The van der Waals surface area contributed by atoms with E-state index in [-0.39, 0.29) is 22.7 Å². The first-order valence-corrected chi connectivity index (χ1v) is 8.09. The van der Waals surface area contributed by atoms with Gasteiger partial charge in [0.05, 0.1) is 10.6 Å². The Bertz CT molecular complexity index is 1050. The summed E-state index contributed by atoms with van der Waals surface area (Å²) in [5.41, 5.74) is 0.256. The van der Waals surface area contributed by atoms with Gasteiger partial charge in [-0.1, -0.05) is 12.1 Å². The van der Waals surface area contributed by atoms with E-state index in [1.165, 1.54) is 48.5 Å². The summed E-state index contributed by atoms with van der Waals surface area (Å²) in [6.45, 7) is 0. The normalized spacial score (nSPS) is 10.1. The fourth-order valence-electron chi connectivity index (χ4n) is 2.40. The van der Waals surface area contributed by atoms with Crippen LogP contribution in [0.5, 0.6) is 17.2 Å². The number of phenolic OH excluding ortho intramolecular Hbond substituents is 1. The summed E-state index contributed by atoms with van der Waals surface area (Å²) in [5, 5.41) is 23.6. The molecule has 8 heteroatoms. The van der Waals surface area contributed by atoms with Crippen LogP contribution in [0, 0.1) is 10.1 Å². The number of nitro groups is 1. The van der Waals surface area contributed by atoms with E-state index in [1.807, 2.05) is 0 Å². The minimum absolute atomic E-state index is 0.0265. The molecule has 2 N–H and O–H groups in total. The second kappa shape index (κ2) is 8.00. The Morgan fingerprint density at radius 2 is 1.79 bits per heavy atom. The number of amides is 1. The van der Waals surface area contributed by atoms with E-state index in [2.05, 4.69) is 5.32 Å². The second-order valence-corrected chi connectivity index (χ2v) is 5.70. The van der Waals surface area contributed by atoms with Crippen molar-refractivity contribution in [2.24, 2.45) is 0 Å². The van der Waals surface area contributed by atoms with E-state index < -0.39 is 16.5 Å². The predicted molar refractivity (Wildman–Crippen MR) is 101 cm³/mol. The van der Waals surface area contributed by atoms with Gasteiger partial charge < -0.3 is 15.2 Å².